The van der Waals surface area contributed by atoms with Gasteiger partial charge in [-0.2, -0.15) is 5.10 Å². The molecule has 0 saturated carbocycles. The van der Waals surface area contributed by atoms with Crippen molar-refractivity contribution in [3.63, 3.8) is 0 Å². The van der Waals surface area contributed by atoms with Crippen LogP contribution in [0.3, 0.4) is 0 Å². The lowest BCUT2D eigenvalue weighted by atomic mass is 10.2. The Labute approximate surface area is 218 Å². The van der Waals surface area contributed by atoms with E-state index in [4.69, 9.17) is 21.1 Å². The lowest BCUT2D eigenvalue weighted by Gasteiger charge is -2.11. The number of aromatic nitrogens is 3. The highest BCUT2D eigenvalue weighted by atomic mass is 35.5. The topological polar surface area (TPSA) is 90.6 Å². The minimum atomic E-state index is -0.287. The van der Waals surface area contributed by atoms with Crippen molar-refractivity contribution in [2.24, 2.45) is 5.10 Å². The van der Waals surface area contributed by atoms with Crippen LogP contribution in [0.1, 0.15) is 11.1 Å². The summed E-state index contributed by atoms with van der Waals surface area (Å²) in [6.45, 7) is 2.03. The van der Waals surface area contributed by atoms with E-state index >= 15 is 0 Å². The number of hydrazone groups is 1. The number of rotatable bonds is 9. The number of amides is 1. The van der Waals surface area contributed by atoms with Gasteiger partial charge < -0.3 is 9.47 Å². The first-order valence-corrected chi connectivity index (χ1v) is 12.3. The molecule has 1 amide bonds. The predicted molar refractivity (Wildman–Crippen MR) is 143 cm³/mol. The largest absolute Gasteiger partial charge is 0.497 e. The molecular weight excluding hydrogens is 498 g/mol. The Morgan fingerprint density at radius 1 is 1.06 bits per heavy atom. The third-order valence-electron chi connectivity index (χ3n) is 5.19. The molecule has 0 saturated heterocycles. The molecule has 3 aromatic carbocycles. The second-order valence-electron chi connectivity index (χ2n) is 7.67. The summed E-state index contributed by atoms with van der Waals surface area (Å²) in [5.74, 6) is 1.73. The number of hydrogen-bond acceptors (Lipinski definition) is 7. The third-order valence-corrected chi connectivity index (χ3v) is 6.37. The van der Waals surface area contributed by atoms with Crippen molar-refractivity contribution < 1.29 is 14.3 Å². The molecule has 4 aromatic rings. The SMILES string of the molecule is COc1ccc(OC)c(/C=N\NC(=O)CSc2nnc(-c3ccc(Cl)cc3)n2-c2ccc(C)cc2)c1. The van der Waals surface area contributed by atoms with Crippen LogP contribution < -0.4 is 14.9 Å². The number of ether oxygens (including phenoxy) is 2. The van der Waals surface area contributed by atoms with Gasteiger partial charge >= 0.3 is 0 Å². The molecule has 0 radical (unpaired) electrons. The molecule has 0 atom stereocenters. The lowest BCUT2D eigenvalue weighted by molar-refractivity contribution is -0.118. The summed E-state index contributed by atoms with van der Waals surface area (Å²) in [6.07, 6.45) is 1.51. The molecule has 0 aliphatic heterocycles. The van der Waals surface area contributed by atoms with E-state index in [-0.39, 0.29) is 11.7 Å². The van der Waals surface area contributed by atoms with Gasteiger partial charge in [0.05, 0.1) is 26.2 Å². The highest BCUT2D eigenvalue weighted by Crippen LogP contribution is 2.29. The van der Waals surface area contributed by atoms with E-state index in [1.54, 1.807) is 44.6 Å². The van der Waals surface area contributed by atoms with Gasteiger partial charge in [-0.1, -0.05) is 41.1 Å². The van der Waals surface area contributed by atoms with Crippen LogP contribution in [0.5, 0.6) is 11.5 Å². The van der Waals surface area contributed by atoms with Crippen molar-refractivity contribution in [3.05, 3.63) is 82.9 Å². The molecule has 4 rings (SSSR count). The average molecular weight is 522 g/mol. The zero-order valence-electron chi connectivity index (χ0n) is 19.9. The summed E-state index contributed by atoms with van der Waals surface area (Å²) in [6, 6.07) is 20.7. The van der Waals surface area contributed by atoms with E-state index in [0.29, 0.717) is 33.1 Å². The van der Waals surface area contributed by atoms with Crippen LogP contribution in [0.25, 0.3) is 17.1 Å². The summed E-state index contributed by atoms with van der Waals surface area (Å²) < 4.78 is 12.5. The fourth-order valence-corrected chi connectivity index (χ4v) is 4.22. The summed E-state index contributed by atoms with van der Waals surface area (Å²) in [7, 11) is 3.15. The molecule has 1 aromatic heterocycles. The number of carbonyl (C=O) groups is 1. The first-order valence-electron chi connectivity index (χ1n) is 10.9. The summed E-state index contributed by atoms with van der Waals surface area (Å²) in [5, 5.41) is 14.0. The molecule has 0 aliphatic carbocycles. The first-order chi connectivity index (χ1) is 17.5. The number of nitrogens with zero attached hydrogens (tertiary/aromatic N) is 4. The predicted octanol–water partition coefficient (Wildman–Crippen LogP) is 5.16. The van der Waals surface area contributed by atoms with Crippen LogP contribution in [0, 0.1) is 6.92 Å². The van der Waals surface area contributed by atoms with Gasteiger partial charge in [-0.15, -0.1) is 10.2 Å². The number of nitrogens with one attached hydrogen (secondary N) is 1. The van der Waals surface area contributed by atoms with E-state index in [0.717, 1.165) is 16.8 Å². The van der Waals surface area contributed by atoms with Crippen molar-refractivity contribution in [2.75, 3.05) is 20.0 Å². The highest BCUT2D eigenvalue weighted by Gasteiger charge is 2.17. The van der Waals surface area contributed by atoms with E-state index < -0.39 is 0 Å². The summed E-state index contributed by atoms with van der Waals surface area (Å²) >= 11 is 7.33. The fraction of sp³-hybridized carbons (Fsp3) is 0.154. The molecule has 0 unspecified atom stereocenters. The number of carbonyl (C=O) groups excluding carboxylic acids is 1. The van der Waals surface area contributed by atoms with E-state index in [2.05, 4.69) is 20.7 Å². The van der Waals surface area contributed by atoms with Crippen molar-refractivity contribution >= 4 is 35.5 Å². The molecule has 0 aliphatic rings. The monoisotopic (exact) mass is 521 g/mol. The van der Waals surface area contributed by atoms with Crippen LogP contribution in [0.4, 0.5) is 0 Å². The molecule has 0 spiro atoms. The Hall–Kier alpha value is -3.82. The van der Waals surface area contributed by atoms with Gasteiger partial charge in [-0.05, 0) is 61.5 Å². The fourth-order valence-electron chi connectivity index (χ4n) is 3.35. The van der Waals surface area contributed by atoms with Gasteiger partial charge in [0.15, 0.2) is 11.0 Å². The number of aryl methyl sites for hydroxylation is 1. The summed E-state index contributed by atoms with van der Waals surface area (Å²) in [4.78, 5) is 12.5. The Morgan fingerprint density at radius 3 is 2.50 bits per heavy atom. The Kier molecular flexibility index (Phi) is 8.24. The van der Waals surface area contributed by atoms with Crippen LogP contribution >= 0.6 is 23.4 Å². The maximum absolute atomic E-state index is 12.5. The van der Waals surface area contributed by atoms with Gasteiger partial charge in [0.25, 0.3) is 5.91 Å². The lowest BCUT2D eigenvalue weighted by Crippen LogP contribution is -2.20. The average Bonchev–Trinajstić information content (AvgIpc) is 3.32. The highest BCUT2D eigenvalue weighted by molar-refractivity contribution is 7.99. The van der Waals surface area contributed by atoms with Gasteiger partial charge in [0.2, 0.25) is 0 Å². The number of halogens is 1. The van der Waals surface area contributed by atoms with Crippen LogP contribution in [0.2, 0.25) is 5.02 Å². The Bertz CT molecular complexity index is 1370. The standard InChI is InChI=1S/C26H24ClN5O3S/c1-17-4-10-21(11-5-17)32-25(18-6-8-20(27)9-7-18)30-31-26(32)36-16-24(33)29-28-15-19-14-22(34-2)12-13-23(19)35-3/h4-15H,16H2,1-3H3,(H,29,33)/b28-15-. The van der Waals surface area contributed by atoms with Gasteiger partial charge in [-0.3, -0.25) is 9.36 Å². The van der Waals surface area contributed by atoms with Crippen molar-refractivity contribution in [2.45, 2.75) is 12.1 Å². The van der Waals surface area contributed by atoms with Crippen molar-refractivity contribution in [3.8, 4) is 28.6 Å². The normalized spacial score (nSPS) is 11.0. The second-order valence-corrected chi connectivity index (χ2v) is 9.05. The van der Waals surface area contributed by atoms with Crippen LogP contribution in [-0.4, -0.2) is 46.9 Å². The van der Waals surface area contributed by atoms with E-state index in [9.17, 15) is 4.79 Å². The zero-order chi connectivity index (χ0) is 25.5. The maximum atomic E-state index is 12.5. The molecule has 1 N–H and O–H groups in total. The quantitative estimate of drug-likeness (QED) is 0.186. The number of hydrogen-bond donors (Lipinski definition) is 1. The van der Waals surface area contributed by atoms with Crippen molar-refractivity contribution in [1.82, 2.24) is 20.2 Å². The molecular formula is C26H24ClN5O3S. The third kappa shape index (κ3) is 6.05. The van der Waals surface area contributed by atoms with Gasteiger partial charge in [-0.25, -0.2) is 5.43 Å². The molecule has 0 bridgehead atoms. The Morgan fingerprint density at radius 2 is 1.81 bits per heavy atom. The number of benzene rings is 3. The van der Waals surface area contributed by atoms with E-state index in [1.807, 2.05) is 47.9 Å². The molecule has 10 heteroatoms. The second kappa shape index (κ2) is 11.7. The molecule has 8 nitrogen and oxygen atoms in total. The number of methoxy groups -OCH3 is 2. The van der Waals surface area contributed by atoms with Crippen LogP contribution in [-0.2, 0) is 4.79 Å². The van der Waals surface area contributed by atoms with Crippen molar-refractivity contribution in [1.29, 1.82) is 0 Å². The van der Waals surface area contributed by atoms with Crippen LogP contribution in [0.15, 0.2) is 77.0 Å². The molecule has 36 heavy (non-hydrogen) atoms. The zero-order valence-corrected chi connectivity index (χ0v) is 21.5. The summed E-state index contributed by atoms with van der Waals surface area (Å²) in [5.41, 5.74) is 6.11. The minimum absolute atomic E-state index is 0.0944. The maximum Gasteiger partial charge on any atom is 0.250 e. The smallest absolute Gasteiger partial charge is 0.250 e. The van der Waals surface area contributed by atoms with Gasteiger partial charge in [0, 0.05) is 21.8 Å². The van der Waals surface area contributed by atoms with E-state index in [1.165, 1.54) is 18.0 Å². The molecule has 184 valence electrons. The van der Waals surface area contributed by atoms with Gasteiger partial charge in [0.1, 0.15) is 11.5 Å². The minimum Gasteiger partial charge on any atom is -0.497 e. The molecule has 0 fully saturated rings. The first kappa shape index (κ1) is 25.3. The Balaban J connectivity index is 1.50. The molecule has 1 heterocycles. The number of thioether (sulfide) groups is 1.